The molecule has 0 aliphatic rings. The number of hydrogen-bond acceptors (Lipinski definition) is 2. The molecule has 0 saturated carbocycles. The highest BCUT2D eigenvalue weighted by atomic mass is 79.9. The van der Waals surface area contributed by atoms with Crippen molar-refractivity contribution in [2.24, 2.45) is 11.7 Å². The molecule has 0 aliphatic carbocycles. The second kappa shape index (κ2) is 6.24. The third-order valence-corrected chi connectivity index (χ3v) is 3.27. The van der Waals surface area contributed by atoms with E-state index in [1.165, 1.54) is 0 Å². The van der Waals surface area contributed by atoms with Gasteiger partial charge in [0.25, 0.3) is 0 Å². The molecule has 1 rings (SSSR count). The Hall–Kier alpha value is -1.01. The lowest BCUT2D eigenvalue weighted by Gasteiger charge is -2.18. The van der Waals surface area contributed by atoms with Gasteiger partial charge in [0, 0.05) is 4.47 Å². The van der Waals surface area contributed by atoms with Crippen LogP contribution in [0.5, 0.6) is 0 Å². The van der Waals surface area contributed by atoms with E-state index in [0.29, 0.717) is 6.42 Å². The number of nitrogens with one attached hydrogen (secondary N) is 1. The average Bonchev–Trinajstić information content (AvgIpc) is 2.31. The van der Waals surface area contributed by atoms with Crippen LogP contribution in [0.25, 0.3) is 0 Å². The first-order chi connectivity index (χ1) is 8.36. The molecule has 0 aliphatic heterocycles. The van der Waals surface area contributed by atoms with E-state index in [4.69, 9.17) is 5.73 Å². The Labute approximate surface area is 113 Å². The molecular formula is C12H15BrF2N2O. The summed E-state index contributed by atoms with van der Waals surface area (Å²) in [6.07, 6.45) is 0.708. The Balaban J connectivity index is 2.89. The van der Waals surface area contributed by atoms with Crippen LogP contribution in [-0.2, 0) is 4.79 Å². The standard InChI is InChI=1S/C12H15BrF2N2O/c1-3-6(2)10(16)12(18)17-11-8(14)4-7(13)5-9(11)15/h4-6,10H,3,16H2,1-2H3,(H,17,18)/t6?,10-/m0/s1. The van der Waals surface area contributed by atoms with Crippen molar-refractivity contribution in [3.05, 3.63) is 28.2 Å². The van der Waals surface area contributed by atoms with E-state index < -0.39 is 29.3 Å². The lowest BCUT2D eigenvalue weighted by atomic mass is 9.99. The maximum absolute atomic E-state index is 13.5. The molecule has 0 saturated heterocycles. The quantitative estimate of drug-likeness (QED) is 0.895. The number of carbonyl (C=O) groups excluding carboxylic acids is 1. The van der Waals surface area contributed by atoms with Gasteiger partial charge in [0.2, 0.25) is 5.91 Å². The van der Waals surface area contributed by atoms with Crippen LogP contribution in [0, 0.1) is 17.6 Å². The van der Waals surface area contributed by atoms with Crippen molar-refractivity contribution >= 4 is 27.5 Å². The number of halogens is 3. The van der Waals surface area contributed by atoms with Crippen LogP contribution in [0.15, 0.2) is 16.6 Å². The molecule has 1 aromatic rings. The topological polar surface area (TPSA) is 55.1 Å². The largest absolute Gasteiger partial charge is 0.320 e. The van der Waals surface area contributed by atoms with Gasteiger partial charge in [-0.05, 0) is 18.1 Å². The van der Waals surface area contributed by atoms with E-state index >= 15 is 0 Å². The molecule has 0 bridgehead atoms. The molecule has 18 heavy (non-hydrogen) atoms. The number of anilines is 1. The Morgan fingerprint density at radius 1 is 1.44 bits per heavy atom. The fourth-order valence-corrected chi connectivity index (χ4v) is 1.78. The molecule has 0 spiro atoms. The molecule has 100 valence electrons. The van der Waals surface area contributed by atoms with Crippen molar-refractivity contribution in [2.45, 2.75) is 26.3 Å². The van der Waals surface area contributed by atoms with Crippen molar-refractivity contribution in [1.82, 2.24) is 0 Å². The number of carbonyl (C=O) groups is 1. The smallest absolute Gasteiger partial charge is 0.241 e. The van der Waals surface area contributed by atoms with Crippen molar-refractivity contribution in [3.8, 4) is 0 Å². The van der Waals surface area contributed by atoms with Crippen LogP contribution in [0.2, 0.25) is 0 Å². The monoisotopic (exact) mass is 320 g/mol. The summed E-state index contributed by atoms with van der Waals surface area (Å²) in [6, 6.07) is 1.36. The van der Waals surface area contributed by atoms with Crippen LogP contribution >= 0.6 is 15.9 Å². The van der Waals surface area contributed by atoms with Crippen LogP contribution in [0.3, 0.4) is 0 Å². The number of benzene rings is 1. The van der Waals surface area contributed by atoms with Crippen molar-refractivity contribution in [3.63, 3.8) is 0 Å². The van der Waals surface area contributed by atoms with Gasteiger partial charge in [-0.1, -0.05) is 36.2 Å². The van der Waals surface area contributed by atoms with Crippen LogP contribution in [0.1, 0.15) is 20.3 Å². The predicted molar refractivity (Wildman–Crippen MR) is 70.1 cm³/mol. The Morgan fingerprint density at radius 2 is 1.94 bits per heavy atom. The van der Waals surface area contributed by atoms with Crippen molar-refractivity contribution in [2.75, 3.05) is 5.32 Å². The van der Waals surface area contributed by atoms with Gasteiger partial charge >= 0.3 is 0 Å². The normalized spacial score (nSPS) is 14.1. The van der Waals surface area contributed by atoms with E-state index in [9.17, 15) is 13.6 Å². The summed E-state index contributed by atoms with van der Waals surface area (Å²) >= 11 is 2.96. The summed E-state index contributed by atoms with van der Waals surface area (Å²) in [5, 5.41) is 2.19. The minimum Gasteiger partial charge on any atom is -0.320 e. The van der Waals surface area contributed by atoms with Gasteiger partial charge in [0.15, 0.2) is 11.6 Å². The predicted octanol–water partition coefficient (Wildman–Crippen LogP) is 3.04. The van der Waals surface area contributed by atoms with Gasteiger partial charge in [-0.25, -0.2) is 8.78 Å². The molecule has 3 N–H and O–H groups in total. The maximum atomic E-state index is 13.5. The Morgan fingerprint density at radius 3 is 2.39 bits per heavy atom. The zero-order valence-corrected chi connectivity index (χ0v) is 11.7. The molecule has 6 heteroatoms. The van der Waals surface area contributed by atoms with Crippen molar-refractivity contribution < 1.29 is 13.6 Å². The van der Waals surface area contributed by atoms with E-state index in [-0.39, 0.29) is 10.4 Å². The SMILES string of the molecule is CCC(C)[C@H](N)C(=O)Nc1c(F)cc(Br)cc1F. The molecule has 0 aromatic heterocycles. The molecule has 1 amide bonds. The van der Waals surface area contributed by atoms with E-state index in [0.717, 1.165) is 12.1 Å². The maximum Gasteiger partial charge on any atom is 0.241 e. The third kappa shape index (κ3) is 3.49. The molecule has 1 aromatic carbocycles. The van der Waals surface area contributed by atoms with Crippen LogP contribution in [0.4, 0.5) is 14.5 Å². The molecule has 0 heterocycles. The summed E-state index contributed by atoms with van der Waals surface area (Å²) in [5.41, 5.74) is 5.21. The Kier molecular flexibility index (Phi) is 5.22. The summed E-state index contributed by atoms with van der Waals surface area (Å²) < 4.78 is 27.3. The van der Waals surface area contributed by atoms with Gasteiger partial charge in [-0.15, -0.1) is 0 Å². The van der Waals surface area contributed by atoms with Gasteiger partial charge in [0.1, 0.15) is 5.69 Å². The highest BCUT2D eigenvalue weighted by molar-refractivity contribution is 9.10. The highest BCUT2D eigenvalue weighted by Crippen LogP contribution is 2.24. The molecule has 1 unspecified atom stereocenters. The lowest BCUT2D eigenvalue weighted by molar-refractivity contribution is -0.118. The number of rotatable bonds is 4. The second-order valence-electron chi connectivity index (χ2n) is 4.15. The minimum atomic E-state index is -0.841. The van der Waals surface area contributed by atoms with E-state index in [2.05, 4.69) is 21.2 Å². The second-order valence-corrected chi connectivity index (χ2v) is 5.06. The summed E-state index contributed by atoms with van der Waals surface area (Å²) in [6.45, 7) is 3.69. The number of amides is 1. The van der Waals surface area contributed by atoms with Crippen LogP contribution < -0.4 is 11.1 Å². The minimum absolute atomic E-state index is 0.0634. The van der Waals surface area contributed by atoms with Gasteiger partial charge in [-0.3, -0.25) is 4.79 Å². The number of nitrogens with two attached hydrogens (primary N) is 1. The third-order valence-electron chi connectivity index (χ3n) is 2.81. The molecule has 0 fully saturated rings. The first kappa shape index (κ1) is 15.0. The first-order valence-corrected chi connectivity index (χ1v) is 6.37. The zero-order valence-electron chi connectivity index (χ0n) is 10.1. The fourth-order valence-electron chi connectivity index (χ4n) is 1.38. The lowest BCUT2D eigenvalue weighted by Crippen LogP contribution is -2.41. The van der Waals surface area contributed by atoms with Crippen LogP contribution in [-0.4, -0.2) is 11.9 Å². The van der Waals surface area contributed by atoms with Gasteiger partial charge in [-0.2, -0.15) is 0 Å². The summed E-state index contributed by atoms with van der Waals surface area (Å²) in [7, 11) is 0. The molecule has 2 atom stereocenters. The van der Waals surface area contributed by atoms with E-state index in [1.807, 2.05) is 6.92 Å². The number of hydrogen-bond donors (Lipinski definition) is 2. The van der Waals surface area contributed by atoms with Gasteiger partial charge in [0.05, 0.1) is 6.04 Å². The Bertz CT molecular complexity index is 431. The molecule has 0 radical (unpaired) electrons. The summed E-state index contributed by atoms with van der Waals surface area (Å²) in [4.78, 5) is 11.7. The summed E-state index contributed by atoms with van der Waals surface area (Å²) in [5.74, 6) is -2.34. The van der Waals surface area contributed by atoms with E-state index in [1.54, 1.807) is 6.92 Å². The highest BCUT2D eigenvalue weighted by Gasteiger charge is 2.22. The molecular weight excluding hydrogens is 306 g/mol. The molecule has 3 nitrogen and oxygen atoms in total. The van der Waals surface area contributed by atoms with Crippen molar-refractivity contribution in [1.29, 1.82) is 0 Å². The average molecular weight is 321 g/mol. The zero-order chi connectivity index (χ0) is 13.9. The first-order valence-electron chi connectivity index (χ1n) is 5.57. The van der Waals surface area contributed by atoms with Gasteiger partial charge < -0.3 is 11.1 Å². The fraction of sp³-hybridized carbons (Fsp3) is 0.417.